The summed E-state index contributed by atoms with van der Waals surface area (Å²) in [6.07, 6.45) is 5.57. The van der Waals surface area contributed by atoms with Gasteiger partial charge in [0.05, 0.1) is 16.1 Å². The number of para-hydroxylation sites is 1. The Labute approximate surface area is 188 Å². The molecule has 0 spiro atoms. The lowest BCUT2D eigenvalue weighted by Gasteiger charge is -2.27. The summed E-state index contributed by atoms with van der Waals surface area (Å²) >= 11 is 0. The Morgan fingerprint density at radius 3 is 2.44 bits per heavy atom. The number of sulfonamides is 1. The van der Waals surface area contributed by atoms with Crippen molar-refractivity contribution in [2.24, 2.45) is 5.92 Å². The van der Waals surface area contributed by atoms with Crippen molar-refractivity contribution in [1.29, 1.82) is 0 Å². The van der Waals surface area contributed by atoms with Crippen LogP contribution in [0.3, 0.4) is 0 Å². The Hall–Kier alpha value is -2.87. The molecule has 2 fully saturated rings. The number of piperidine rings is 1. The highest BCUT2D eigenvalue weighted by Gasteiger charge is 2.36. The van der Waals surface area contributed by atoms with Gasteiger partial charge in [-0.05, 0) is 74.4 Å². The molecule has 0 aromatic heterocycles. The van der Waals surface area contributed by atoms with Crippen LogP contribution in [0, 0.1) is 5.92 Å². The van der Waals surface area contributed by atoms with Gasteiger partial charge in [0.1, 0.15) is 0 Å². The highest BCUT2D eigenvalue weighted by atomic mass is 32.2. The van der Waals surface area contributed by atoms with Crippen LogP contribution in [0.15, 0.2) is 47.4 Å². The molecule has 1 aliphatic carbocycles. The summed E-state index contributed by atoms with van der Waals surface area (Å²) in [7, 11) is -3.89. The van der Waals surface area contributed by atoms with Gasteiger partial charge < -0.3 is 9.80 Å². The van der Waals surface area contributed by atoms with Crippen LogP contribution in [0.5, 0.6) is 0 Å². The minimum Gasteiger partial charge on any atom is -0.339 e. The lowest BCUT2D eigenvalue weighted by atomic mass is 10.1. The molecule has 0 atom stereocenters. The van der Waals surface area contributed by atoms with Crippen LogP contribution in [0.1, 0.15) is 48.0 Å². The van der Waals surface area contributed by atoms with E-state index in [-0.39, 0.29) is 28.3 Å². The summed E-state index contributed by atoms with van der Waals surface area (Å²) in [6.45, 7) is 1.98. The second kappa shape index (κ2) is 8.24. The van der Waals surface area contributed by atoms with E-state index in [1.165, 1.54) is 6.07 Å². The van der Waals surface area contributed by atoms with E-state index >= 15 is 0 Å². The number of nitrogens with one attached hydrogen (secondary N) is 1. The van der Waals surface area contributed by atoms with Gasteiger partial charge in [0.15, 0.2) is 0 Å². The molecular weight excluding hydrogens is 426 g/mol. The first-order valence-electron chi connectivity index (χ1n) is 11.3. The fourth-order valence-electron chi connectivity index (χ4n) is 4.55. The van der Waals surface area contributed by atoms with Crippen molar-refractivity contribution in [1.82, 2.24) is 4.90 Å². The van der Waals surface area contributed by atoms with Gasteiger partial charge in [-0.25, -0.2) is 8.42 Å². The third-order valence-corrected chi connectivity index (χ3v) is 7.86. The maximum absolute atomic E-state index is 13.2. The predicted octanol–water partition coefficient (Wildman–Crippen LogP) is 3.41. The van der Waals surface area contributed by atoms with Crippen molar-refractivity contribution in [2.75, 3.05) is 29.3 Å². The number of hydrogen-bond donors (Lipinski definition) is 1. The van der Waals surface area contributed by atoms with E-state index < -0.39 is 10.0 Å². The summed E-state index contributed by atoms with van der Waals surface area (Å²) in [4.78, 5) is 29.2. The number of carbonyl (C=O) groups is 2. The van der Waals surface area contributed by atoms with E-state index in [2.05, 4.69) is 4.72 Å². The van der Waals surface area contributed by atoms with Crippen LogP contribution < -0.4 is 9.62 Å². The normalized spacial score (nSPS) is 18.4. The van der Waals surface area contributed by atoms with Crippen LogP contribution >= 0.6 is 0 Å². The third-order valence-electron chi connectivity index (χ3n) is 6.49. The van der Waals surface area contributed by atoms with Crippen LogP contribution in [-0.4, -0.2) is 44.8 Å². The second-order valence-corrected chi connectivity index (χ2v) is 10.5. The van der Waals surface area contributed by atoms with Crippen molar-refractivity contribution in [3.63, 3.8) is 0 Å². The molecule has 5 rings (SSSR count). The average molecular weight is 454 g/mol. The van der Waals surface area contributed by atoms with Gasteiger partial charge in [-0.15, -0.1) is 0 Å². The first-order chi connectivity index (χ1) is 15.4. The molecule has 2 aromatic carbocycles. The van der Waals surface area contributed by atoms with Crippen LogP contribution in [0.4, 0.5) is 11.4 Å². The molecule has 1 N–H and O–H groups in total. The fraction of sp³-hybridized carbons (Fsp3) is 0.417. The van der Waals surface area contributed by atoms with Gasteiger partial charge in [-0.3, -0.25) is 14.3 Å². The van der Waals surface area contributed by atoms with Gasteiger partial charge in [0, 0.05) is 31.2 Å². The molecule has 2 aromatic rings. The molecule has 0 bridgehead atoms. The Bertz CT molecular complexity index is 1170. The largest absolute Gasteiger partial charge is 0.339 e. The molecule has 2 heterocycles. The molecule has 2 aliphatic heterocycles. The second-order valence-electron chi connectivity index (χ2n) is 8.81. The Kier molecular flexibility index (Phi) is 5.41. The summed E-state index contributed by atoms with van der Waals surface area (Å²) < 4.78 is 29.0. The summed E-state index contributed by atoms with van der Waals surface area (Å²) in [6, 6.07) is 11.7. The standard InChI is InChI=1S/C24H27N3O4S/c28-23(17-8-9-17)27-15-12-18-16-19(10-11-22(18)27)32(30,31)25-21-7-3-2-6-20(21)24(29)26-13-4-1-5-14-26/h2-3,6-7,10-11,16-17,25H,1,4-5,8-9,12-15H2. The van der Waals surface area contributed by atoms with E-state index in [9.17, 15) is 18.0 Å². The van der Waals surface area contributed by atoms with Crippen molar-refractivity contribution in [3.8, 4) is 0 Å². The maximum atomic E-state index is 13.2. The lowest BCUT2D eigenvalue weighted by Crippen LogP contribution is -2.36. The summed E-state index contributed by atoms with van der Waals surface area (Å²) in [5.74, 6) is 0.119. The molecule has 32 heavy (non-hydrogen) atoms. The summed E-state index contributed by atoms with van der Waals surface area (Å²) in [5.41, 5.74) is 2.32. The topological polar surface area (TPSA) is 86.8 Å². The average Bonchev–Trinajstić information content (AvgIpc) is 3.57. The van der Waals surface area contributed by atoms with Crippen LogP contribution in [-0.2, 0) is 21.2 Å². The zero-order valence-corrected chi connectivity index (χ0v) is 18.7. The maximum Gasteiger partial charge on any atom is 0.261 e. The molecule has 3 aliphatic rings. The lowest BCUT2D eigenvalue weighted by molar-refractivity contribution is -0.119. The SMILES string of the molecule is O=C(c1ccccc1NS(=O)(=O)c1ccc2c(c1)CCN2C(=O)C1CC1)N1CCCCC1. The van der Waals surface area contributed by atoms with E-state index in [1.54, 1.807) is 46.2 Å². The van der Waals surface area contributed by atoms with E-state index in [0.717, 1.165) is 43.4 Å². The van der Waals surface area contributed by atoms with E-state index in [0.29, 0.717) is 31.6 Å². The number of rotatable bonds is 5. The van der Waals surface area contributed by atoms with Gasteiger partial charge >= 0.3 is 0 Å². The van der Waals surface area contributed by atoms with Crippen molar-refractivity contribution in [2.45, 2.75) is 43.4 Å². The minimum absolute atomic E-state index is 0.125. The van der Waals surface area contributed by atoms with Crippen LogP contribution in [0.25, 0.3) is 0 Å². The smallest absolute Gasteiger partial charge is 0.261 e. The number of likely N-dealkylation sites (tertiary alicyclic amines) is 1. The number of fused-ring (bicyclic) bond motifs is 1. The predicted molar refractivity (Wildman–Crippen MR) is 122 cm³/mol. The molecule has 0 radical (unpaired) electrons. The molecule has 8 heteroatoms. The number of carbonyl (C=O) groups excluding carboxylic acids is 2. The highest BCUT2D eigenvalue weighted by Crippen LogP contribution is 2.37. The number of nitrogens with zero attached hydrogens (tertiary/aromatic N) is 2. The number of amides is 2. The molecular formula is C24H27N3O4S. The molecule has 7 nitrogen and oxygen atoms in total. The quantitative estimate of drug-likeness (QED) is 0.752. The van der Waals surface area contributed by atoms with Crippen molar-refractivity contribution >= 4 is 33.2 Å². The highest BCUT2D eigenvalue weighted by molar-refractivity contribution is 7.92. The Balaban J connectivity index is 1.38. The molecule has 0 unspecified atom stereocenters. The van der Waals surface area contributed by atoms with Gasteiger partial charge in [-0.2, -0.15) is 0 Å². The van der Waals surface area contributed by atoms with Crippen molar-refractivity contribution in [3.05, 3.63) is 53.6 Å². The van der Waals surface area contributed by atoms with Crippen molar-refractivity contribution < 1.29 is 18.0 Å². The van der Waals surface area contributed by atoms with Gasteiger partial charge in [0.2, 0.25) is 5.91 Å². The molecule has 168 valence electrons. The Morgan fingerprint density at radius 1 is 0.938 bits per heavy atom. The van der Waals surface area contributed by atoms with E-state index in [4.69, 9.17) is 0 Å². The number of hydrogen-bond acceptors (Lipinski definition) is 4. The number of anilines is 2. The summed E-state index contributed by atoms with van der Waals surface area (Å²) in [5, 5.41) is 0. The zero-order chi connectivity index (χ0) is 22.3. The first-order valence-corrected chi connectivity index (χ1v) is 12.8. The molecule has 1 saturated carbocycles. The fourth-order valence-corrected chi connectivity index (χ4v) is 5.68. The number of benzene rings is 2. The molecule has 2 amide bonds. The Morgan fingerprint density at radius 2 is 1.69 bits per heavy atom. The monoisotopic (exact) mass is 453 g/mol. The minimum atomic E-state index is -3.89. The zero-order valence-electron chi connectivity index (χ0n) is 17.9. The van der Waals surface area contributed by atoms with E-state index in [1.807, 2.05) is 0 Å². The van der Waals surface area contributed by atoms with Gasteiger partial charge in [0.25, 0.3) is 15.9 Å². The third kappa shape index (κ3) is 3.99. The van der Waals surface area contributed by atoms with Gasteiger partial charge in [-0.1, -0.05) is 12.1 Å². The molecule has 1 saturated heterocycles. The van der Waals surface area contributed by atoms with Crippen LogP contribution in [0.2, 0.25) is 0 Å². The first kappa shape index (κ1) is 21.0.